The fourth-order valence-corrected chi connectivity index (χ4v) is 7.56. The van der Waals surface area contributed by atoms with E-state index in [1.54, 1.807) is 0 Å². The molecule has 2 N–H and O–H groups in total. The molecule has 5 atom stereocenters. The van der Waals surface area contributed by atoms with Crippen molar-refractivity contribution in [1.29, 1.82) is 0 Å². The zero-order valence-corrected chi connectivity index (χ0v) is 23.9. The van der Waals surface area contributed by atoms with Gasteiger partial charge in [-0.25, -0.2) is 0 Å². The van der Waals surface area contributed by atoms with E-state index in [4.69, 9.17) is 5.10 Å². The lowest BCUT2D eigenvalue weighted by molar-refractivity contribution is -0.134. The van der Waals surface area contributed by atoms with Crippen molar-refractivity contribution in [2.24, 2.45) is 23.2 Å². The average molecular weight is 497 g/mol. The summed E-state index contributed by atoms with van der Waals surface area (Å²) >= 11 is 0. The minimum absolute atomic E-state index is 0.275. The van der Waals surface area contributed by atoms with E-state index in [-0.39, 0.29) is 6.04 Å². The number of nitrogens with one attached hydrogen (secondary N) is 2. The zero-order chi connectivity index (χ0) is 25.9. The van der Waals surface area contributed by atoms with Crippen LogP contribution in [-0.4, -0.2) is 39.6 Å². The molecule has 0 radical (unpaired) electrons. The Morgan fingerprint density at radius 3 is 2.50 bits per heavy atom. The van der Waals surface area contributed by atoms with E-state index in [0.717, 1.165) is 38.6 Å². The van der Waals surface area contributed by atoms with Gasteiger partial charge < -0.3 is 10.2 Å². The van der Waals surface area contributed by atoms with Crippen molar-refractivity contribution in [3.05, 3.63) is 29.1 Å². The van der Waals surface area contributed by atoms with E-state index < -0.39 is 0 Å². The van der Waals surface area contributed by atoms with Gasteiger partial charge in [0.25, 0.3) is 0 Å². The van der Waals surface area contributed by atoms with Crippen LogP contribution in [-0.2, 0) is 17.6 Å². The van der Waals surface area contributed by atoms with Crippen LogP contribution in [0.1, 0.15) is 122 Å². The topological polar surface area (TPSA) is 61.0 Å². The van der Waals surface area contributed by atoms with Crippen LogP contribution in [0.25, 0.3) is 0 Å². The molecule has 3 heterocycles. The quantitative estimate of drug-likeness (QED) is 0.455. The highest BCUT2D eigenvalue weighted by Crippen LogP contribution is 2.43. The Labute approximate surface area is 220 Å². The highest BCUT2D eigenvalue weighted by molar-refractivity contribution is 5.81. The molecule has 3 fully saturated rings. The van der Waals surface area contributed by atoms with Crippen molar-refractivity contribution in [2.75, 3.05) is 6.54 Å². The number of aromatic amines is 1. The third-order valence-electron chi connectivity index (χ3n) is 9.44. The Morgan fingerprint density at radius 2 is 1.75 bits per heavy atom. The van der Waals surface area contributed by atoms with Crippen LogP contribution < -0.4 is 5.32 Å². The summed E-state index contributed by atoms with van der Waals surface area (Å²) in [4.78, 5) is 15.5. The van der Waals surface area contributed by atoms with Gasteiger partial charge in [-0.05, 0) is 74.2 Å². The number of fused-ring (bicyclic) bond motifs is 2. The summed E-state index contributed by atoms with van der Waals surface area (Å²) < 4.78 is 0. The van der Waals surface area contributed by atoms with Crippen LogP contribution in [0, 0.1) is 23.2 Å². The summed E-state index contributed by atoms with van der Waals surface area (Å²) in [5, 5.41) is 12.1. The van der Waals surface area contributed by atoms with Gasteiger partial charge in [-0.2, -0.15) is 5.10 Å². The van der Waals surface area contributed by atoms with Gasteiger partial charge >= 0.3 is 0 Å². The van der Waals surface area contributed by atoms with Crippen LogP contribution in [0.2, 0.25) is 0 Å². The first-order valence-corrected chi connectivity index (χ1v) is 15.3. The lowest BCUT2D eigenvalue weighted by Gasteiger charge is -2.34. The molecule has 36 heavy (non-hydrogen) atoms. The van der Waals surface area contributed by atoms with Gasteiger partial charge in [-0.3, -0.25) is 9.89 Å². The molecule has 2 aliphatic heterocycles. The molecule has 1 saturated carbocycles. The molecule has 1 amide bonds. The standard InChI is InChI=1S/C27H40N4O.2C2H6/c1-27(2)12-10-21-24(16-27)29-30-25(21)23-14-18-8-9-19(15-22(18)28-23)31-13-11-20(26(31)32)17-6-4-3-5-7-17;2*1-2/h8-9,17-20,22-23,28H,3-7,10-16H2,1-2H3,(H,29,30);2*1-2H3. The van der Waals surface area contributed by atoms with E-state index >= 15 is 0 Å². The maximum absolute atomic E-state index is 13.3. The summed E-state index contributed by atoms with van der Waals surface area (Å²) in [5.74, 6) is 1.95. The number of hydrogen-bond acceptors (Lipinski definition) is 3. The van der Waals surface area contributed by atoms with Crippen molar-refractivity contribution < 1.29 is 4.79 Å². The number of rotatable bonds is 3. The smallest absolute Gasteiger partial charge is 0.226 e. The van der Waals surface area contributed by atoms with Crippen LogP contribution in [0.3, 0.4) is 0 Å². The summed E-state index contributed by atoms with van der Waals surface area (Å²) in [6.45, 7) is 13.7. The minimum atomic E-state index is 0.275. The second-order valence-electron chi connectivity index (χ2n) is 12.1. The lowest BCUT2D eigenvalue weighted by Crippen LogP contribution is -2.44. The maximum Gasteiger partial charge on any atom is 0.226 e. The molecule has 1 aromatic rings. The average Bonchev–Trinajstić information content (AvgIpc) is 3.62. The van der Waals surface area contributed by atoms with Crippen LogP contribution in [0.5, 0.6) is 0 Å². The van der Waals surface area contributed by atoms with E-state index in [9.17, 15) is 4.79 Å². The minimum Gasteiger partial charge on any atom is -0.336 e. The van der Waals surface area contributed by atoms with Gasteiger partial charge in [0.2, 0.25) is 5.91 Å². The molecule has 1 aromatic heterocycles. The monoisotopic (exact) mass is 496 g/mol. The molecule has 0 aromatic carbocycles. The van der Waals surface area contributed by atoms with Crippen molar-refractivity contribution in [3.63, 3.8) is 0 Å². The number of aromatic nitrogens is 2. The Morgan fingerprint density at radius 1 is 1.00 bits per heavy atom. The number of carbonyl (C=O) groups excluding carboxylic acids is 1. The number of hydrogen-bond donors (Lipinski definition) is 2. The fourth-order valence-electron chi connectivity index (χ4n) is 7.56. The highest BCUT2D eigenvalue weighted by atomic mass is 16.2. The second-order valence-corrected chi connectivity index (χ2v) is 12.1. The first-order chi connectivity index (χ1) is 17.5. The van der Waals surface area contributed by atoms with Gasteiger partial charge in [0, 0.05) is 24.2 Å². The number of carbonyl (C=O) groups is 1. The molecule has 3 aliphatic carbocycles. The maximum atomic E-state index is 13.3. The molecular formula is C31H52N4O. The molecular weight excluding hydrogens is 444 g/mol. The molecule has 2 saturated heterocycles. The number of H-pyrrole nitrogens is 1. The van der Waals surface area contributed by atoms with Crippen molar-refractivity contribution >= 4 is 5.91 Å². The Balaban J connectivity index is 0.000000726. The molecule has 0 spiro atoms. The Kier molecular flexibility index (Phi) is 9.01. The largest absolute Gasteiger partial charge is 0.336 e. The summed E-state index contributed by atoms with van der Waals surface area (Å²) in [7, 11) is 0. The van der Waals surface area contributed by atoms with Gasteiger partial charge in [0.05, 0.1) is 17.8 Å². The lowest BCUT2D eigenvalue weighted by atomic mass is 9.76. The van der Waals surface area contributed by atoms with E-state index in [1.807, 2.05) is 27.7 Å². The van der Waals surface area contributed by atoms with Gasteiger partial charge in [-0.1, -0.05) is 73.0 Å². The molecule has 0 bridgehead atoms. The number of likely N-dealkylation sites (tertiary alicyclic amines) is 1. The first kappa shape index (κ1) is 27.4. The van der Waals surface area contributed by atoms with Gasteiger partial charge in [0.15, 0.2) is 0 Å². The van der Waals surface area contributed by atoms with Crippen molar-refractivity contribution in [2.45, 2.75) is 130 Å². The normalized spacial score (nSPS) is 33.2. The zero-order valence-electron chi connectivity index (χ0n) is 23.9. The van der Waals surface area contributed by atoms with Crippen LogP contribution in [0.4, 0.5) is 0 Å². The van der Waals surface area contributed by atoms with E-state index in [2.05, 4.69) is 41.3 Å². The van der Waals surface area contributed by atoms with E-state index in [0.29, 0.717) is 41.2 Å². The number of nitrogens with zero attached hydrogens (tertiary/aromatic N) is 2. The second kappa shape index (κ2) is 11.8. The van der Waals surface area contributed by atoms with Crippen LogP contribution >= 0.6 is 0 Å². The third-order valence-corrected chi connectivity index (χ3v) is 9.44. The molecule has 5 aliphatic rings. The molecule has 5 heteroatoms. The molecule has 5 nitrogen and oxygen atoms in total. The van der Waals surface area contributed by atoms with Crippen LogP contribution in [0.15, 0.2) is 12.2 Å². The van der Waals surface area contributed by atoms with Gasteiger partial charge in [0.1, 0.15) is 0 Å². The van der Waals surface area contributed by atoms with Crippen molar-refractivity contribution in [1.82, 2.24) is 20.4 Å². The predicted octanol–water partition coefficient (Wildman–Crippen LogP) is 6.75. The SMILES string of the molecule is CC.CC.CC1(C)CCc2c(C3CC4C=CC(N5CCC(C6CCCCC6)C5=O)CC4N3)n[nH]c2C1. The Bertz CT molecular complexity index is 896. The summed E-state index contributed by atoms with van der Waals surface area (Å²) in [6.07, 6.45) is 18.1. The highest BCUT2D eigenvalue weighted by Gasteiger charge is 2.44. The first-order valence-electron chi connectivity index (χ1n) is 15.3. The number of amides is 1. The molecule has 6 rings (SSSR count). The fraction of sp³-hybridized carbons (Fsp3) is 0.806. The van der Waals surface area contributed by atoms with Crippen molar-refractivity contribution in [3.8, 4) is 0 Å². The summed E-state index contributed by atoms with van der Waals surface area (Å²) in [5.41, 5.74) is 4.48. The van der Waals surface area contributed by atoms with Gasteiger partial charge in [-0.15, -0.1) is 0 Å². The molecule has 5 unspecified atom stereocenters. The predicted molar refractivity (Wildman–Crippen MR) is 149 cm³/mol. The van der Waals surface area contributed by atoms with E-state index in [1.165, 1.54) is 55.5 Å². The third kappa shape index (κ3) is 5.47. The molecule has 202 valence electrons. The summed E-state index contributed by atoms with van der Waals surface area (Å²) in [6, 6.07) is 1.08. The Hall–Kier alpha value is -1.62.